The predicted molar refractivity (Wildman–Crippen MR) is 207 cm³/mol. The molecule has 4 aromatic carbocycles. The molecule has 48 heavy (non-hydrogen) atoms. The van der Waals surface area contributed by atoms with Gasteiger partial charge in [-0.2, -0.15) is 0 Å². The molecule has 0 bridgehead atoms. The molecule has 2 atom stereocenters. The summed E-state index contributed by atoms with van der Waals surface area (Å²) in [6.07, 6.45) is 15.5. The average Bonchev–Trinajstić information content (AvgIpc) is 3.17. The van der Waals surface area contributed by atoms with Crippen LogP contribution < -0.4 is 0 Å². The van der Waals surface area contributed by atoms with Crippen LogP contribution in [0, 0.1) is 0 Å². The molecule has 0 N–H and O–H groups in total. The molecule has 2 nitrogen and oxygen atoms in total. The molecule has 4 radical (unpaired) electrons. The van der Waals surface area contributed by atoms with E-state index in [0.717, 1.165) is 12.8 Å². The van der Waals surface area contributed by atoms with Crippen LogP contribution in [0.2, 0.25) is 0 Å². The second-order valence-corrected chi connectivity index (χ2v) is 18.3. The van der Waals surface area contributed by atoms with Crippen molar-refractivity contribution in [2.24, 2.45) is 0 Å². The summed E-state index contributed by atoms with van der Waals surface area (Å²) in [7, 11) is 4.53. The van der Waals surface area contributed by atoms with Gasteiger partial charge in [-0.3, -0.25) is 0 Å². The highest BCUT2D eigenvalue weighted by Crippen LogP contribution is 2.44. The molecule has 0 aliphatic heterocycles. The zero-order chi connectivity index (χ0) is 33.1. The minimum Gasteiger partial charge on any atom is -0.413 e. The Labute approximate surface area is 302 Å². The molecule has 2 aliphatic carbocycles. The summed E-state index contributed by atoms with van der Waals surface area (Å²) in [6, 6.07) is 40.7. The molecular weight excluding hydrogens is 657 g/mol. The van der Waals surface area contributed by atoms with Crippen LogP contribution in [-0.2, 0) is 18.9 Å². The topological polar surface area (TPSA) is 18.5 Å². The molecule has 6 rings (SSSR count). The van der Waals surface area contributed by atoms with Crippen LogP contribution >= 0.6 is 21.6 Å². The van der Waals surface area contributed by atoms with Crippen molar-refractivity contribution < 1.29 is 8.85 Å². The summed E-state index contributed by atoms with van der Waals surface area (Å²) in [5.41, 5.74) is 5.44. The third-order valence-corrected chi connectivity index (χ3v) is 16.2. The maximum absolute atomic E-state index is 6.77. The molecule has 2 saturated carbocycles. The second-order valence-electron chi connectivity index (χ2n) is 13.4. The summed E-state index contributed by atoms with van der Waals surface area (Å²) in [6.45, 7) is 4.66. The van der Waals surface area contributed by atoms with Gasteiger partial charge >= 0.3 is 0 Å². The number of rotatable bonds is 15. The van der Waals surface area contributed by atoms with E-state index in [-0.39, 0.29) is 10.1 Å². The summed E-state index contributed by atoms with van der Waals surface area (Å²) in [4.78, 5) is 2.57. The second kappa shape index (κ2) is 17.7. The van der Waals surface area contributed by atoms with Crippen LogP contribution in [-0.4, -0.2) is 31.7 Å². The first-order valence-corrected chi connectivity index (χ1v) is 22.1. The third kappa shape index (κ3) is 8.62. The van der Waals surface area contributed by atoms with E-state index in [0.29, 0.717) is 31.7 Å². The molecule has 6 heteroatoms. The smallest absolute Gasteiger partial charge is 0.246 e. The minimum atomic E-state index is -0.143. The van der Waals surface area contributed by atoms with Crippen molar-refractivity contribution in [1.82, 2.24) is 0 Å². The fraction of sp³-hybridized carbons (Fsp3) is 0.429. The Morgan fingerprint density at radius 3 is 1.25 bits per heavy atom. The zero-order valence-corrected chi connectivity index (χ0v) is 32.3. The van der Waals surface area contributed by atoms with Crippen LogP contribution in [0.15, 0.2) is 119 Å². The van der Waals surface area contributed by atoms with E-state index in [9.17, 15) is 0 Å². The van der Waals surface area contributed by atoms with Gasteiger partial charge in [0.15, 0.2) is 0 Å². The lowest BCUT2D eigenvalue weighted by molar-refractivity contribution is 0.155. The lowest BCUT2D eigenvalue weighted by Gasteiger charge is -2.35. The van der Waals surface area contributed by atoms with Gasteiger partial charge in [0.05, 0.1) is 0 Å². The van der Waals surface area contributed by atoms with Crippen molar-refractivity contribution in [3.05, 3.63) is 131 Å². The lowest BCUT2D eigenvalue weighted by Crippen LogP contribution is -2.38. The van der Waals surface area contributed by atoms with E-state index >= 15 is 0 Å². The van der Waals surface area contributed by atoms with Gasteiger partial charge in [-0.1, -0.05) is 159 Å². The van der Waals surface area contributed by atoms with E-state index in [4.69, 9.17) is 8.85 Å². The van der Waals surface area contributed by atoms with Crippen LogP contribution in [0.3, 0.4) is 0 Å². The van der Waals surface area contributed by atoms with E-state index in [1.165, 1.54) is 96.3 Å². The first-order valence-electron chi connectivity index (χ1n) is 18.2. The first-order chi connectivity index (χ1) is 23.6. The van der Waals surface area contributed by atoms with Gasteiger partial charge in [0.25, 0.3) is 0 Å². The van der Waals surface area contributed by atoms with Gasteiger partial charge in [0, 0.05) is 32.1 Å². The van der Waals surface area contributed by atoms with Crippen LogP contribution in [0.1, 0.15) is 113 Å². The molecule has 2 fully saturated rings. The van der Waals surface area contributed by atoms with Gasteiger partial charge in [-0.05, 0) is 85.0 Å². The van der Waals surface area contributed by atoms with Crippen LogP contribution in [0.5, 0.6) is 0 Å². The van der Waals surface area contributed by atoms with E-state index in [1.54, 1.807) is 0 Å². The molecule has 4 aromatic rings. The molecule has 2 aliphatic rings. The molecule has 0 amide bonds. The fourth-order valence-corrected chi connectivity index (χ4v) is 12.1. The van der Waals surface area contributed by atoms with Gasteiger partial charge in [-0.15, -0.1) is 0 Å². The van der Waals surface area contributed by atoms with Crippen molar-refractivity contribution in [3.63, 3.8) is 0 Å². The Morgan fingerprint density at radius 1 is 0.500 bits per heavy atom. The summed E-state index contributed by atoms with van der Waals surface area (Å²) >= 11 is 0. The van der Waals surface area contributed by atoms with Crippen molar-refractivity contribution in [2.45, 2.75) is 123 Å². The maximum Gasteiger partial charge on any atom is 0.246 e. The van der Waals surface area contributed by atoms with Crippen molar-refractivity contribution in [3.8, 4) is 0 Å². The van der Waals surface area contributed by atoms with Crippen LogP contribution in [0.25, 0.3) is 0 Å². The molecule has 2 unspecified atom stereocenters. The van der Waals surface area contributed by atoms with Gasteiger partial charge in [0.2, 0.25) is 19.5 Å². The molecule has 250 valence electrons. The maximum atomic E-state index is 6.77. The highest BCUT2D eigenvalue weighted by atomic mass is 33.1. The Morgan fingerprint density at radius 2 is 0.875 bits per heavy atom. The number of hydrogen-bond donors (Lipinski definition) is 0. The molecular formula is C42H50O2S2Si2. The highest BCUT2D eigenvalue weighted by molar-refractivity contribution is 8.76. The minimum absolute atomic E-state index is 0.143. The van der Waals surface area contributed by atoms with Gasteiger partial charge < -0.3 is 8.85 Å². The fourth-order valence-electron chi connectivity index (χ4n) is 7.43. The van der Waals surface area contributed by atoms with Gasteiger partial charge in [0.1, 0.15) is 0 Å². The van der Waals surface area contributed by atoms with Crippen molar-refractivity contribution >= 4 is 41.1 Å². The SMILES string of the molecule is CCC([Si]OC1CCCCC1)(c1ccccc1)c1cccc(SSc2cccc(C(CC)([Si]OC3CCCCC3)c3ccccc3)c2)c1. The quantitative estimate of drug-likeness (QED) is 0.0904. The summed E-state index contributed by atoms with van der Waals surface area (Å²) < 4.78 is 13.5. The molecule has 0 saturated heterocycles. The third-order valence-electron chi connectivity index (χ3n) is 10.4. The summed E-state index contributed by atoms with van der Waals surface area (Å²) in [5, 5.41) is -0.287. The van der Waals surface area contributed by atoms with E-state index in [2.05, 4.69) is 123 Å². The zero-order valence-electron chi connectivity index (χ0n) is 28.7. The Bertz CT molecular complexity index is 1420. The van der Waals surface area contributed by atoms with E-state index < -0.39 is 0 Å². The monoisotopic (exact) mass is 706 g/mol. The van der Waals surface area contributed by atoms with Crippen molar-refractivity contribution in [1.29, 1.82) is 0 Å². The molecule has 0 spiro atoms. The average molecular weight is 707 g/mol. The predicted octanol–water partition coefficient (Wildman–Crippen LogP) is 11.7. The first kappa shape index (κ1) is 35.7. The largest absolute Gasteiger partial charge is 0.413 e. The normalized spacial score (nSPS) is 18.6. The Balaban J connectivity index is 1.23. The van der Waals surface area contributed by atoms with E-state index in [1.807, 2.05) is 21.6 Å². The van der Waals surface area contributed by atoms with Gasteiger partial charge in [-0.25, -0.2) is 0 Å². The Hall–Kier alpha value is -2.07. The highest BCUT2D eigenvalue weighted by Gasteiger charge is 2.37. The lowest BCUT2D eigenvalue weighted by atomic mass is 9.88. The standard InChI is InChI=1S/C42H50O2S2Si2/c1-3-41(33-19-9-5-10-20-33,47-43-37-25-13-7-14-26-37)35-23-17-29-39(31-35)45-46-40-30-18-24-36(32-40)42(4-2,34-21-11-6-12-22-34)48-44-38-27-15-8-16-28-38/h5-6,9-12,17-24,29-32,37-38H,3-4,7-8,13-16,25-28H2,1-2H3. The van der Waals surface area contributed by atoms with Crippen molar-refractivity contribution in [2.75, 3.05) is 0 Å². The Kier molecular flexibility index (Phi) is 13.2. The molecule has 0 heterocycles. The van der Waals surface area contributed by atoms with Crippen LogP contribution in [0.4, 0.5) is 0 Å². The summed E-state index contributed by atoms with van der Waals surface area (Å²) in [5.74, 6) is 0. The number of hydrogen-bond acceptors (Lipinski definition) is 4. The number of benzene rings is 4. The molecule has 0 aromatic heterocycles.